The summed E-state index contributed by atoms with van der Waals surface area (Å²) in [5, 5.41) is 12.0. The number of rotatable bonds is 9. The van der Waals surface area contributed by atoms with Gasteiger partial charge >= 0.3 is 5.95 Å². The van der Waals surface area contributed by atoms with Gasteiger partial charge in [-0.05, 0) is 43.3 Å². The van der Waals surface area contributed by atoms with Crippen molar-refractivity contribution in [3.63, 3.8) is 0 Å². The molecule has 184 valence electrons. The van der Waals surface area contributed by atoms with Crippen LogP contribution in [-0.4, -0.2) is 72.9 Å². The van der Waals surface area contributed by atoms with Crippen molar-refractivity contribution >= 4 is 43.2 Å². The number of anilines is 2. The van der Waals surface area contributed by atoms with Crippen LogP contribution in [0.25, 0.3) is 15.3 Å². The zero-order chi connectivity index (χ0) is 24.3. The highest BCUT2D eigenvalue weighted by Gasteiger charge is 2.23. The van der Waals surface area contributed by atoms with Gasteiger partial charge in [-0.2, -0.15) is 0 Å². The van der Waals surface area contributed by atoms with Crippen molar-refractivity contribution in [3.05, 3.63) is 48.5 Å². The number of benzene rings is 2. The Hall–Kier alpha value is -3.17. The second kappa shape index (κ2) is 10.2. The molecule has 0 spiro atoms. The number of nitrogens with two attached hydrogens (primary N) is 1. The molecule has 5 rings (SSSR count). The van der Waals surface area contributed by atoms with E-state index in [0.717, 1.165) is 54.4 Å². The van der Waals surface area contributed by atoms with Crippen LogP contribution in [0, 0.1) is 0 Å². The Bertz CT molecular complexity index is 1380. The van der Waals surface area contributed by atoms with E-state index >= 15 is 0 Å². The van der Waals surface area contributed by atoms with Crippen molar-refractivity contribution < 1.29 is 17.8 Å². The predicted molar refractivity (Wildman–Crippen MR) is 132 cm³/mol. The third-order valence-electron chi connectivity index (χ3n) is 5.49. The summed E-state index contributed by atoms with van der Waals surface area (Å²) in [7, 11) is -3.67. The largest absolute Gasteiger partial charge is 0.381 e. The number of thiazole rings is 1. The van der Waals surface area contributed by atoms with E-state index in [1.807, 2.05) is 24.3 Å². The maximum absolute atomic E-state index is 12.8. The first kappa shape index (κ1) is 23.6. The molecule has 35 heavy (non-hydrogen) atoms. The lowest BCUT2D eigenvalue weighted by molar-refractivity contribution is -0.647. The number of hydrogen-bond acceptors (Lipinski definition) is 10. The SMILES string of the molecule is Nn1nc(Nc2cccc(S(=O)(=O)NCCCN3CCOCC3)c2)[n+](-c2nc3ccccc3s2)n1. The van der Waals surface area contributed by atoms with Crippen LogP contribution in [0.1, 0.15) is 6.42 Å². The van der Waals surface area contributed by atoms with E-state index in [-0.39, 0.29) is 4.90 Å². The predicted octanol–water partition coefficient (Wildman–Crippen LogP) is 0.623. The minimum absolute atomic E-state index is 0.153. The Balaban J connectivity index is 1.28. The highest BCUT2D eigenvalue weighted by atomic mass is 32.2. The molecule has 1 fully saturated rings. The molecule has 0 radical (unpaired) electrons. The molecule has 4 N–H and O–H groups in total. The van der Waals surface area contributed by atoms with Gasteiger partial charge in [0.2, 0.25) is 10.0 Å². The van der Waals surface area contributed by atoms with Gasteiger partial charge in [-0.1, -0.05) is 34.2 Å². The highest BCUT2D eigenvalue weighted by molar-refractivity contribution is 7.89. The van der Waals surface area contributed by atoms with Crippen LogP contribution in [0.4, 0.5) is 11.6 Å². The lowest BCUT2D eigenvalue weighted by Gasteiger charge is -2.26. The first-order valence-corrected chi connectivity index (χ1v) is 13.5. The van der Waals surface area contributed by atoms with E-state index in [4.69, 9.17) is 10.6 Å². The van der Waals surface area contributed by atoms with Gasteiger partial charge in [0.05, 0.1) is 28.5 Å². The topological polar surface area (TPSA) is 144 Å². The molecule has 12 nitrogen and oxygen atoms in total. The number of hydrogen-bond donors (Lipinski definition) is 3. The number of nitrogen functional groups attached to an aromatic ring is 1. The molecule has 14 heteroatoms. The second-order valence-electron chi connectivity index (χ2n) is 7.97. The highest BCUT2D eigenvalue weighted by Crippen LogP contribution is 2.23. The monoisotopic (exact) mass is 516 g/mol. The molecule has 2 aromatic heterocycles. The number of nitrogens with zero attached hydrogens (tertiary/aromatic N) is 6. The van der Waals surface area contributed by atoms with Crippen molar-refractivity contribution in [1.29, 1.82) is 0 Å². The molecule has 0 saturated carbocycles. The first-order chi connectivity index (χ1) is 17.0. The fourth-order valence-corrected chi connectivity index (χ4v) is 5.77. The Morgan fingerprint density at radius 2 is 1.97 bits per heavy atom. The van der Waals surface area contributed by atoms with Crippen molar-refractivity contribution in [3.8, 4) is 5.13 Å². The molecule has 0 unspecified atom stereocenters. The molecule has 0 amide bonds. The number of fused-ring (bicyclic) bond motifs is 1. The zero-order valence-electron chi connectivity index (χ0n) is 18.9. The van der Waals surface area contributed by atoms with Gasteiger partial charge in [0.25, 0.3) is 5.13 Å². The molecule has 0 atom stereocenters. The summed E-state index contributed by atoms with van der Waals surface area (Å²) in [5.74, 6) is 6.09. The summed E-state index contributed by atoms with van der Waals surface area (Å²) in [6.45, 7) is 4.39. The van der Waals surface area contributed by atoms with Gasteiger partial charge in [-0.25, -0.2) is 13.1 Å². The average Bonchev–Trinajstić information content (AvgIpc) is 3.45. The van der Waals surface area contributed by atoms with Crippen LogP contribution >= 0.6 is 11.3 Å². The normalized spacial score (nSPS) is 15.0. The van der Waals surface area contributed by atoms with Crippen LogP contribution in [0.2, 0.25) is 0 Å². The van der Waals surface area contributed by atoms with Crippen molar-refractivity contribution in [1.82, 2.24) is 29.8 Å². The zero-order valence-corrected chi connectivity index (χ0v) is 20.5. The van der Waals surface area contributed by atoms with Crippen molar-refractivity contribution in [2.45, 2.75) is 11.3 Å². The number of para-hydroxylation sites is 1. The van der Waals surface area contributed by atoms with E-state index in [0.29, 0.717) is 23.3 Å². The van der Waals surface area contributed by atoms with E-state index in [2.05, 4.69) is 30.2 Å². The average molecular weight is 517 g/mol. The maximum Gasteiger partial charge on any atom is 0.381 e. The Morgan fingerprint density at radius 1 is 1.14 bits per heavy atom. The molecule has 2 aromatic carbocycles. The van der Waals surface area contributed by atoms with Crippen molar-refractivity contribution in [2.24, 2.45) is 0 Å². The number of aromatic nitrogens is 5. The standard InChI is InChI=1S/C21H26N9O3S2/c22-30-26-20(29(27-30)21-25-18-7-1-2-8-19(18)34-21)24-16-5-3-6-17(15-16)35(31,32)23-9-4-10-28-11-13-33-14-12-28/h1-3,5-8,15,23H,4,9-14H2,(H3,22,24,26,27)/q+1. The van der Waals surface area contributed by atoms with Gasteiger partial charge in [-0.3, -0.25) is 16.1 Å². The van der Waals surface area contributed by atoms with Gasteiger partial charge in [0, 0.05) is 34.9 Å². The quantitative estimate of drug-likeness (QED) is 0.166. The second-order valence-corrected chi connectivity index (χ2v) is 10.7. The van der Waals surface area contributed by atoms with Gasteiger partial charge in [0.15, 0.2) is 0 Å². The van der Waals surface area contributed by atoms with Crippen molar-refractivity contribution in [2.75, 3.05) is 50.6 Å². The molecular weight excluding hydrogens is 490 g/mol. The molecule has 0 aliphatic carbocycles. The molecular formula is C21H26N9O3S2+. The number of sulfonamides is 1. The van der Waals surface area contributed by atoms with E-state index < -0.39 is 10.0 Å². The van der Waals surface area contributed by atoms with Crippen LogP contribution in [0.5, 0.6) is 0 Å². The Labute approximate surface area is 206 Å². The fraction of sp³-hybridized carbons (Fsp3) is 0.333. The third kappa shape index (κ3) is 5.57. The number of ether oxygens (including phenoxy) is 1. The maximum atomic E-state index is 12.8. The van der Waals surface area contributed by atoms with Crippen LogP contribution < -0.4 is 20.6 Å². The van der Waals surface area contributed by atoms with Crippen LogP contribution in [0.15, 0.2) is 53.4 Å². The third-order valence-corrected chi connectivity index (χ3v) is 7.96. The van der Waals surface area contributed by atoms with E-state index in [1.165, 1.54) is 16.0 Å². The minimum Gasteiger partial charge on any atom is -0.379 e. The summed E-state index contributed by atoms with van der Waals surface area (Å²) in [4.78, 5) is 7.94. The van der Waals surface area contributed by atoms with Gasteiger partial charge in [-0.15, -0.1) is 4.98 Å². The Kier molecular flexibility index (Phi) is 6.88. The summed E-state index contributed by atoms with van der Waals surface area (Å²) >= 11 is 1.44. The molecule has 0 bridgehead atoms. The van der Waals surface area contributed by atoms with Gasteiger partial charge < -0.3 is 4.74 Å². The van der Waals surface area contributed by atoms with Crippen LogP contribution in [-0.2, 0) is 14.8 Å². The first-order valence-electron chi connectivity index (χ1n) is 11.2. The molecule has 1 aliphatic rings. The van der Waals surface area contributed by atoms with E-state index in [1.54, 1.807) is 24.3 Å². The molecule has 1 aliphatic heterocycles. The molecule has 1 saturated heterocycles. The number of morpholine rings is 1. The summed E-state index contributed by atoms with van der Waals surface area (Å²) in [6.07, 6.45) is 0.721. The van der Waals surface area contributed by atoms with E-state index in [9.17, 15) is 8.42 Å². The Morgan fingerprint density at radius 3 is 2.80 bits per heavy atom. The lowest BCUT2D eigenvalue weighted by Crippen LogP contribution is -2.38. The summed E-state index contributed by atoms with van der Waals surface area (Å²) in [6, 6.07) is 14.3. The number of nitrogens with one attached hydrogen (secondary N) is 2. The molecule has 4 aromatic rings. The summed E-state index contributed by atoms with van der Waals surface area (Å²) < 4.78 is 36.2. The summed E-state index contributed by atoms with van der Waals surface area (Å²) in [5.41, 5.74) is 1.36. The number of tetrazole rings is 1. The lowest BCUT2D eigenvalue weighted by atomic mass is 10.3. The fourth-order valence-electron chi connectivity index (χ4n) is 3.74. The van der Waals surface area contributed by atoms with Gasteiger partial charge in [0.1, 0.15) is 5.52 Å². The molecule has 3 heterocycles. The minimum atomic E-state index is -3.67. The van der Waals surface area contributed by atoms with Crippen LogP contribution in [0.3, 0.4) is 0 Å². The smallest absolute Gasteiger partial charge is 0.379 e.